The number of rotatable bonds is 8. The Morgan fingerprint density at radius 1 is 1.09 bits per heavy atom. The maximum atomic E-state index is 12.6. The number of halogens is 4. The van der Waals surface area contributed by atoms with Gasteiger partial charge in [0.1, 0.15) is 0 Å². The highest BCUT2D eigenvalue weighted by molar-refractivity contribution is 7.89. The van der Waals surface area contributed by atoms with Gasteiger partial charge in [-0.15, -0.1) is 13.2 Å². The molecule has 0 bridgehead atoms. The molecule has 0 radical (unpaired) electrons. The number of sulfonamides is 1. The zero-order valence-corrected chi connectivity index (χ0v) is 19.0. The van der Waals surface area contributed by atoms with Crippen LogP contribution < -0.4 is 19.5 Å². The minimum atomic E-state index is -4.91. The molecule has 0 aliphatic carbocycles. The molecule has 3 rings (SSSR count). The van der Waals surface area contributed by atoms with Crippen LogP contribution in [0.15, 0.2) is 65.7 Å². The standard InChI is InChI=1S/C21H17ClF3N3O5S/c1-26-34(30,31)15-7-6-14(16(22)11-15)12-28-20(29)13-8-9-27-19(10-13)32-17-4-2-3-5-18(17)33-21(23,24)25/h2-11,26H,12H2,1H3,(H,28,29). The van der Waals surface area contributed by atoms with E-state index in [1.54, 1.807) is 0 Å². The van der Waals surface area contributed by atoms with Crippen LogP contribution in [-0.2, 0) is 16.6 Å². The molecule has 0 fully saturated rings. The molecule has 2 aromatic carbocycles. The second-order valence-corrected chi connectivity index (χ2v) is 8.92. The van der Waals surface area contributed by atoms with Crippen LogP contribution in [0.25, 0.3) is 0 Å². The van der Waals surface area contributed by atoms with E-state index in [0.717, 1.165) is 6.07 Å². The van der Waals surface area contributed by atoms with Gasteiger partial charge in [-0.2, -0.15) is 0 Å². The van der Waals surface area contributed by atoms with Gasteiger partial charge < -0.3 is 14.8 Å². The van der Waals surface area contributed by atoms with Gasteiger partial charge in [0.25, 0.3) is 5.91 Å². The molecule has 1 amide bonds. The minimum Gasteiger partial charge on any atom is -0.435 e. The lowest BCUT2D eigenvalue weighted by Gasteiger charge is -2.13. The molecular weight excluding hydrogens is 499 g/mol. The molecule has 0 saturated carbocycles. The van der Waals surface area contributed by atoms with E-state index in [4.69, 9.17) is 16.3 Å². The van der Waals surface area contributed by atoms with Crippen molar-refractivity contribution in [3.8, 4) is 17.4 Å². The summed E-state index contributed by atoms with van der Waals surface area (Å²) in [5.74, 6) is -1.49. The molecule has 34 heavy (non-hydrogen) atoms. The zero-order chi connectivity index (χ0) is 24.9. The number of ether oxygens (including phenoxy) is 2. The van der Waals surface area contributed by atoms with E-state index < -0.39 is 28.0 Å². The van der Waals surface area contributed by atoms with Gasteiger partial charge in [0.2, 0.25) is 15.9 Å². The topological polar surface area (TPSA) is 107 Å². The van der Waals surface area contributed by atoms with E-state index >= 15 is 0 Å². The van der Waals surface area contributed by atoms with Crippen molar-refractivity contribution < 1.29 is 35.9 Å². The fraction of sp³-hybridized carbons (Fsp3) is 0.143. The van der Waals surface area contributed by atoms with Crippen LogP contribution in [-0.4, -0.2) is 32.7 Å². The van der Waals surface area contributed by atoms with Crippen LogP contribution in [0.5, 0.6) is 17.4 Å². The molecule has 0 aliphatic heterocycles. The van der Waals surface area contributed by atoms with Gasteiger partial charge >= 0.3 is 6.36 Å². The highest BCUT2D eigenvalue weighted by atomic mass is 35.5. The van der Waals surface area contributed by atoms with Gasteiger partial charge in [0.05, 0.1) is 4.90 Å². The molecule has 180 valence electrons. The Hall–Kier alpha value is -3.35. The number of nitrogens with one attached hydrogen (secondary N) is 2. The second kappa shape index (κ2) is 10.3. The van der Waals surface area contributed by atoms with E-state index in [1.807, 2.05) is 0 Å². The zero-order valence-electron chi connectivity index (χ0n) is 17.4. The summed E-state index contributed by atoms with van der Waals surface area (Å²) in [6.45, 7) is -0.0156. The normalized spacial score (nSPS) is 11.7. The third kappa shape index (κ3) is 6.59. The van der Waals surface area contributed by atoms with E-state index in [9.17, 15) is 26.4 Å². The maximum absolute atomic E-state index is 12.6. The SMILES string of the molecule is CNS(=O)(=O)c1ccc(CNC(=O)c2ccnc(Oc3ccccc3OC(F)(F)F)c2)c(Cl)c1. The second-order valence-electron chi connectivity index (χ2n) is 6.62. The number of hydrogen-bond donors (Lipinski definition) is 2. The third-order valence-corrected chi connectivity index (χ3v) is 6.09. The fourth-order valence-electron chi connectivity index (χ4n) is 2.70. The molecule has 0 unspecified atom stereocenters. The van der Waals surface area contributed by atoms with E-state index in [0.29, 0.717) is 5.56 Å². The summed E-state index contributed by atoms with van der Waals surface area (Å²) in [7, 11) is -2.40. The van der Waals surface area contributed by atoms with Crippen molar-refractivity contribution in [2.75, 3.05) is 7.05 Å². The largest absolute Gasteiger partial charge is 0.573 e. The average molecular weight is 516 g/mol. The summed E-state index contributed by atoms with van der Waals surface area (Å²) >= 11 is 6.13. The average Bonchev–Trinajstić information content (AvgIpc) is 2.78. The van der Waals surface area contributed by atoms with Gasteiger partial charge in [-0.25, -0.2) is 18.1 Å². The Morgan fingerprint density at radius 3 is 2.44 bits per heavy atom. The Balaban J connectivity index is 1.71. The summed E-state index contributed by atoms with van der Waals surface area (Å²) < 4.78 is 73.0. The van der Waals surface area contributed by atoms with E-state index in [2.05, 4.69) is 19.8 Å². The molecular formula is C21H17ClF3N3O5S. The molecule has 0 spiro atoms. The van der Waals surface area contributed by atoms with Crippen molar-refractivity contribution in [1.82, 2.24) is 15.0 Å². The molecule has 3 aromatic rings. The molecule has 1 heterocycles. The highest BCUT2D eigenvalue weighted by Gasteiger charge is 2.32. The smallest absolute Gasteiger partial charge is 0.435 e. The van der Waals surface area contributed by atoms with Gasteiger partial charge in [-0.05, 0) is 42.9 Å². The molecule has 8 nitrogen and oxygen atoms in total. The number of aromatic nitrogens is 1. The number of alkyl halides is 3. The van der Waals surface area contributed by atoms with Crippen LogP contribution in [0.2, 0.25) is 5.02 Å². The van der Waals surface area contributed by atoms with Crippen molar-refractivity contribution in [2.24, 2.45) is 0 Å². The minimum absolute atomic E-state index is 0.0156. The van der Waals surface area contributed by atoms with Gasteiger partial charge in [0, 0.05) is 29.4 Å². The molecule has 13 heteroatoms. The molecule has 0 saturated heterocycles. The van der Waals surface area contributed by atoms with Crippen LogP contribution in [0.4, 0.5) is 13.2 Å². The predicted octanol–water partition coefficient (Wildman–Crippen LogP) is 4.26. The van der Waals surface area contributed by atoms with Crippen molar-refractivity contribution >= 4 is 27.5 Å². The summed E-state index contributed by atoms with van der Waals surface area (Å²) in [6.07, 6.45) is -3.66. The van der Waals surface area contributed by atoms with Gasteiger partial charge in [-0.1, -0.05) is 29.8 Å². The fourth-order valence-corrected chi connectivity index (χ4v) is 3.76. The molecule has 2 N–H and O–H groups in total. The number of pyridine rings is 1. The number of hydrogen-bond acceptors (Lipinski definition) is 6. The summed E-state index contributed by atoms with van der Waals surface area (Å²) in [6, 6.07) is 11.8. The summed E-state index contributed by atoms with van der Waals surface area (Å²) in [5.41, 5.74) is 0.582. The Kier molecular flexibility index (Phi) is 7.64. The number of nitrogens with zero attached hydrogens (tertiary/aromatic N) is 1. The lowest BCUT2D eigenvalue weighted by Crippen LogP contribution is -2.23. The molecule has 1 aromatic heterocycles. The summed E-state index contributed by atoms with van der Waals surface area (Å²) in [4.78, 5) is 16.4. The molecule has 0 atom stereocenters. The Labute approximate surface area is 197 Å². The summed E-state index contributed by atoms with van der Waals surface area (Å²) in [5, 5.41) is 2.75. The monoisotopic (exact) mass is 515 g/mol. The van der Waals surface area contributed by atoms with Crippen molar-refractivity contribution in [2.45, 2.75) is 17.8 Å². The van der Waals surface area contributed by atoms with Crippen LogP contribution in [0.3, 0.4) is 0 Å². The quantitative estimate of drug-likeness (QED) is 0.464. The first-order chi connectivity index (χ1) is 16.0. The van der Waals surface area contributed by atoms with Crippen LogP contribution >= 0.6 is 11.6 Å². The number of para-hydroxylation sites is 2. The van der Waals surface area contributed by atoms with E-state index in [-0.39, 0.29) is 33.7 Å². The maximum Gasteiger partial charge on any atom is 0.573 e. The van der Waals surface area contributed by atoms with Crippen LogP contribution in [0.1, 0.15) is 15.9 Å². The number of carbonyl (C=O) groups is 1. The number of benzene rings is 2. The third-order valence-electron chi connectivity index (χ3n) is 4.33. The van der Waals surface area contributed by atoms with Gasteiger partial charge in [0.15, 0.2) is 11.5 Å². The van der Waals surface area contributed by atoms with Crippen molar-refractivity contribution in [3.63, 3.8) is 0 Å². The first-order valence-electron chi connectivity index (χ1n) is 9.47. The Morgan fingerprint density at radius 2 is 1.79 bits per heavy atom. The lowest BCUT2D eigenvalue weighted by atomic mass is 10.2. The highest BCUT2D eigenvalue weighted by Crippen LogP contribution is 2.34. The van der Waals surface area contributed by atoms with E-state index in [1.165, 1.54) is 61.8 Å². The number of amides is 1. The Bertz CT molecular complexity index is 1300. The number of carbonyl (C=O) groups excluding carboxylic acids is 1. The molecule has 0 aliphatic rings. The van der Waals surface area contributed by atoms with Crippen LogP contribution in [0, 0.1) is 0 Å². The van der Waals surface area contributed by atoms with Crippen molar-refractivity contribution in [1.29, 1.82) is 0 Å². The predicted molar refractivity (Wildman–Crippen MR) is 116 cm³/mol. The van der Waals surface area contributed by atoms with Gasteiger partial charge in [-0.3, -0.25) is 4.79 Å². The van der Waals surface area contributed by atoms with Crippen molar-refractivity contribution in [3.05, 3.63) is 76.9 Å². The first kappa shape index (κ1) is 25.3. The lowest BCUT2D eigenvalue weighted by molar-refractivity contribution is -0.275. The first-order valence-corrected chi connectivity index (χ1v) is 11.3.